The summed E-state index contributed by atoms with van der Waals surface area (Å²) in [4.78, 5) is 2.59. The third-order valence-electron chi connectivity index (χ3n) is 3.42. The van der Waals surface area contributed by atoms with Gasteiger partial charge in [-0.25, -0.2) is 0 Å². The fourth-order valence-corrected chi connectivity index (χ4v) is 3.18. The molecule has 1 aromatic carbocycles. The van der Waals surface area contributed by atoms with Crippen LogP contribution in [0.5, 0.6) is 0 Å². The fraction of sp³-hybridized carbons (Fsp3) is 0.625. The van der Waals surface area contributed by atoms with Crippen molar-refractivity contribution >= 4 is 21.6 Å². The van der Waals surface area contributed by atoms with Gasteiger partial charge in [0.05, 0.1) is 0 Å². The molecule has 0 unspecified atom stereocenters. The van der Waals surface area contributed by atoms with Crippen molar-refractivity contribution in [2.45, 2.75) is 53.1 Å². The summed E-state index contributed by atoms with van der Waals surface area (Å²) in [5, 5.41) is 0. The lowest BCUT2D eigenvalue weighted by Gasteiger charge is -2.32. The molecule has 2 nitrogen and oxygen atoms in total. The smallest absolute Gasteiger partial charge is 0.0328 e. The molecule has 0 saturated heterocycles. The largest absolute Gasteiger partial charge is 0.399 e. The van der Waals surface area contributed by atoms with E-state index in [4.69, 9.17) is 5.73 Å². The van der Waals surface area contributed by atoms with E-state index in [1.54, 1.807) is 0 Å². The van der Waals surface area contributed by atoms with Crippen molar-refractivity contribution in [2.75, 3.05) is 12.3 Å². The van der Waals surface area contributed by atoms with Crippen LogP contribution in [0.2, 0.25) is 0 Å². The maximum atomic E-state index is 5.93. The summed E-state index contributed by atoms with van der Waals surface area (Å²) in [7, 11) is 0. The molecule has 0 atom stereocenters. The number of nitrogens with two attached hydrogens (primary N) is 1. The molecule has 3 heteroatoms. The molecule has 0 fully saturated rings. The molecule has 108 valence electrons. The Hall–Kier alpha value is -0.540. The van der Waals surface area contributed by atoms with Gasteiger partial charge < -0.3 is 5.73 Å². The van der Waals surface area contributed by atoms with Crippen molar-refractivity contribution in [2.24, 2.45) is 5.92 Å². The molecular formula is C16H27BrN2. The molecule has 2 N–H and O–H groups in total. The van der Waals surface area contributed by atoms with Crippen LogP contribution >= 0.6 is 15.9 Å². The highest BCUT2D eigenvalue weighted by molar-refractivity contribution is 9.10. The summed E-state index contributed by atoms with van der Waals surface area (Å²) in [6.45, 7) is 11.2. The summed E-state index contributed by atoms with van der Waals surface area (Å²) in [5.41, 5.74) is 8.05. The van der Waals surface area contributed by atoms with Gasteiger partial charge in [0.15, 0.2) is 0 Å². The lowest BCUT2D eigenvalue weighted by molar-refractivity contribution is 0.157. The molecule has 0 bridgehead atoms. The van der Waals surface area contributed by atoms with E-state index in [0.29, 0.717) is 12.0 Å². The molecule has 1 rings (SSSR count). The van der Waals surface area contributed by atoms with E-state index in [-0.39, 0.29) is 0 Å². The minimum atomic E-state index is 0.655. The van der Waals surface area contributed by atoms with Crippen molar-refractivity contribution in [3.63, 3.8) is 0 Å². The summed E-state index contributed by atoms with van der Waals surface area (Å²) >= 11 is 3.53. The van der Waals surface area contributed by atoms with E-state index < -0.39 is 0 Å². The number of hydrogen-bond acceptors (Lipinski definition) is 2. The van der Waals surface area contributed by atoms with E-state index >= 15 is 0 Å². The molecule has 0 amide bonds. The van der Waals surface area contributed by atoms with Crippen molar-refractivity contribution in [3.05, 3.63) is 28.2 Å². The number of halogens is 1. The first-order valence-corrected chi connectivity index (χ1v) is 8.04. The van der Waals surface area contributed by atoms with Gasteiger partial charge in [0.1, 0.15) is 0 Å². The lowest BCUT2D eigenvalue weighted by atomic mass is 10.1. The number of anilines is 1. The molecule has 1 aromatic rings. The molecule has 0 radical (unpaired) electrons. The molecule has 0 heterocycles. The summed E-state index contributed by atoms with van der Waals surface area (Å²) in [6.07, 6.45) is 2.40. The van der Waals surface area contributed by atoms with Crippen LogP contribution < -0.4 is 5.73 Å². The molecule has 0 aliphatic heterocycles. The first-order chi connectivity index (χ1) is 8.96. The molecule has 0 spiro atoms. The van der Waals surface area contributed by atoms with E-state index in [1.165, 1.54) is 18.4 Å². The Morgan fingerprint density at radius 1 is 1.16 bits per heavy atom. The predicted octanol–water partition coefficient (Wildman–Crippen LogP) is 4.68. The first kappa shape index (κ1) is 16.5. The number of nitrogens with zero attached hydrogens (tertiary/aromatic N) is 1. The number of hydrogen-bond donors (Lipinski definition) is 1. The van der Waals surface area contributed by atoms with Crippen LogP contribution in [0.15, 0.2) is 22.7 Å². The SMILES string of the molecule is CCC(CC)N(Cc1cc(N)cc(Br)c1)CC(C)C. The lowest BCUT2D eigenvalue weighted by Crippen LogP contribution is -2.36. The van der Waals surface area contributed by atoms with Gasteiger partial charge in [-0.05, 0) is 42.5 Å². The van der Waals surface area contributed by atoms with Crippen molar-refractivity contribution < 1.29 is 0 Å². The predicted molar refractivity (Wildman–Crippen MR) is 88.2 cm³/mol. The van der Waals surface area contributed by atoms with Crippen LogP contribution in [-0.2, 0) is 6.54 Å². The Morgan fingerprint density at radius 3 is 2.26 bits per heavy atom. The van der Waals surface area contributed by atoms with E-state index in [1.807, 2.05) is 6.07 Å². The quantitative estimate of drug-likeness (QED) is 0.737. The van der Waals surface area contributed by atoms with Gasteiger partial charge >= 0.3 is 0 Å². The van der Waals surface area contributed by atoms with Crippen LogP contribution in [0.4, 0.5) is 5.69 Å². The topological polar surface area (TPSA) is 29.3 Å². The highest BCUT2D eigenvalue weighted by Crippen LogP contribution is 2.21. The molecule has 19 heavy (non-hydrogen) atoms. The monoisotopic (exact) mass is 326 g/mol. The van der Waals surface area contributed by atoms with Crippen LogP contribution in [0.3, 0.4) is 0 Å². The molecule has 0 aliphatic rings. The number of benzene rings is 1. The molecule has 0 aliphatic carbocycles. The number of nitrogen functional groups attached to an aromatic ring is 1. The highest BCUT2D eigenvalue weighted by atomic mass is 79.9. The summed E-state index contributed by atoms with van der Waals surface area (Å²) < 4.78 is 1.07. The maximum Gasteiger partial charge on any atom is 0.0328 e. The standard InChI is InChI=1S/C16H27BrN2/c1-5-16(6-2)19(10-12(3)4)11-13-7-14(17)9-15(18)8-13/h7-9,12,16H,5-6,10-11,18H2,1-4H3. The maximum absolute atomic E-state index is 5.93. The van der Waals surface area contributed by atoms with E-state index in [9.17, 15) is 0 Å². The van der Waals surface area contributed by atoms with Gasteiger partial charge in [-0.1, -0.05) is 43.6 Å². The van der Waals surface area contributed by atoms with Gasteiger partial charge in [0.25, 0.3) is 0 Å². The van der Waals surface area contributed by atoms with Crippen LogP contribution in [0.1, 0.15) is 46.1 Å². The van der Waals surface area contributed by atoms with Crippen LogP contribution in [0.25, 0.3) is 0 Å². The van der Waals surface area contributed by atoms with Gasteiger partial charge in [0.2, 0.25) is 0 Å². The summed E-state index contributed by atoms with van der Waals surface area (Å²) in [6, 6.07) is 6.86. The third-order valence-corrected chi connectivity index (χ3v) is 3.88. The second-order valence-corrected chi connectivity index (χ2v) is 6.60. The van der Waals surface area contributed by atoms with E-state index in [2.05, 4.69) is 60.7 Å². The van der Waals surface area contributed by atoms with Crippen molar-refractivity contribution in [3.8, 4) is 0 Å². The Kier molecular flexibility index (Phi) is 6.87. The first-order valence-electron chi connectivity index (χ1n) is 7.25. The Morgan fingerprint density at radius 2 is 1.79 bits per heavy atom. The van der Waals surface area contributed by atoms with Gasteiger partial charge in [-0.3, -0.25) is 4.90 Å². The second kappa shape index (κ2) is 7.91. The molecular weight excluding hydrogens is 300 g/mol. The number of rotatable bonds is 7. The zero-order valence-electron chi connectivity index (χ0n) is 12.6. The van der Waals surface area contributed by atoms with Crippen LogP contribution in [-0.4, -0.2) is 17.5 Å². The zero-order chi connectivity index (χ0) is 14.4. The third kappa shape index (κ3) is 5.53. The average Bonchev–Trinajstić information content (AvgIpc) is 2.28. The Labute approximate surface area is 126 Å². The zero-order valence-corrected chi connectivity index (χ0v) is 14.2. The minimum Gasteiger partial charge on any atom is -0.399 e. The average molecular weight is 327 g/mol. The van der Waals surface area contributed by atoms with Crippen LogP contribution in [0, 0.1) is 5.92 Å². The highest BCUT2D eigenvalue weighted by Gasteiger charge is 2.16. The van der Waals surface area contributed by atoms with Crippen molar-refractivity contribution in [1.82, 2.24) is 4.90 Å². The van der Waals surface area contributed by atoms with Gasteiger partial charge in [-0.2, -0.15) is 0 Å². The fourth-order valence-electron chi connectivity index (χ4n) is 2.62. The van der Waals surface area contributed by atoms with Gasteiger partial charge in [-0.15, -0.1) is 0 Å². The van der Waals surface area contributed by atoms with Gasteiger partial charge in [0, 0.05) is 29.3 Å². The second-order valence-electron chi connectivity index (χ2n) is 5.69. The Bertz CT molecular complexity index is 366. The Balaban J connectivity index is 2.86. The summed E-state index contributed by atoms with van der Waals surface area (Å²) in [5.74, 6) is 0.685. The molecule has 0 aromatic heterocycles. The van der Waals surface area contributed by atoms with E-state index in [0.717, 1.165) is 23.2 Å². The molecule has 0 saturated carbocycles. The normalized spacial score (nSPS) is 11.8. The van der Waals surface area contributed by atoms with Crippen molar-refractivity contribution in [1.29, 1.82) is 0 Å². The minimum absolute atomic E-state index is 0.655.